The van der Waals surface area contributed by atoms with Crippen LogP contribution >= 0.6 is 0 Å². The molecule has 2 aromatic rings. The second-order valence-electron chi connectivity index (χ2n) is 14.2. The number of allylic oxidation sites excluding steroid dienone is 4. The summed E-state index contributed by atoms with van der Waals surface area (Å²) in [5.41, 5.74) is 1.07. The monoisotopic (exact) mass is 712 g/mol. The molecule has 0 amide bonds. The number of rotatable bonds is 13. The van der Waals surface area contributed by atoms with E-state index in [0.29, 0.717) is 96.0 Å². The van der Waals surface area contributed by atoms with E-state index in [-0.39, 0.29) is 23.5 Å². The zero-order chi connectivity index (χ0) is 36.2. The molecular weight excluding hydrogens is 660 g/mol. The minimum Gasteiger partial charge on any atom is -0.494 e. The molecule has 1 aliphatic carbocycles. The summed E-state index contributed by atoms with van der Waals surface area (Å²) in [5, 5.41) is 14.0. The third-order valence-corrected chi connectivity index (χ3v) is 11.1. The van der Waals surface area contributed by atoms with Crippen LogP contribution in [0.1, 0.15) is 45.1 Å². The number of pyridine rings is 2. The Kier molecular flexibility index (Phi) is 11.5. The molecule has 1 N–H and O–H groups in total. The number of ether oxygens (including phenoxy) is 2. The maximum Gasteiger partial charge on any atom is 0.263 e. The smallest absolute Gasteiger partial charge is 0.263 e. The van der Waals surface area contributed by atoms with Gasteiger partial charge in [0.1, 0.15) is 0 Å². The van der Waals surface area contributed by atoms with Crippen LogP contribution in [0.15, 0.2) is 49.7 Å². The Labute approximate surface area is 303 Å². The highest BCUT2D eigenvalue weighted by atomic mass is 16.5. The lowest BCUT2D eigenvalue weighted by Gasteiger charge is -2.27. The quantitative estimate of drug-likeness (QED) is 0.165. The number of morpholine rings is 2. The van der Waals surface area contributed by atoms with Crippen molar-refractivity contribution < 1.29 is 14.6 Å². The van der Waals surface area contributed by atoms with Crippen LogP contribution in [0, 0.1) is 0 Å². The van der Waals surface area contributed by atoms with Crippen molar-refractivity contribution in [3.05, 3.63) is 72.3 Å². The average molecular weight is 713 g/mol. The van der Waals surface area contributed by atoms with Crippen molar-refractivity contribution >= 4 is 27.1 Å². The first-order valence-corrected chi connectivity index (χ1v) is 19.1. The van der Waals surface area contributed by atoms with Gasteiger partial charge in [0.2, 0.25) is 5.88 Å². The Bertz CT molecular complexity index is 2140. The first kappa shape index (κ1) is 36.4. The topological polar surface area (TPSA) is 122 Å². The molecule has 0 atom stereocenters. The van der Waals surface area contributed by atoms with E-state index in [1.165, 1.54) is 9.13 Å². The molecule has 4 aliphatic heterocycles. The van der Waals surface area contributed by atoms with Crippen molar-refractivity contribution in [2.45, 2.75) is 52.6 Å². The van der Waals surface area contributed by atoms with E-state index < -0.39 is 5.56 Å². The predicted octanol–water partition coefficient (Wildman–Crippen LogP) is 2.78. The summed E-state index contributed by atoms with van der Waals surface area (Å²) >= 11 is 0. The number of benzene rings is 2. The van der Waals surface area contributed by atoms with Crippen molar-refractivity contribution in [1.29, 1.82) is 0 Å². The van der Waals surface area contributed by atoms with Gasteiger partial charge in [-0.15, -0.1) is 0 Å². The largest absolute Gasteiger partial charge is 0.494 e. The molecule has 278 valence electrons. The maximum atomic E-state index is 14.6. The van der Waals surface area contributed by atoms with Gasteiger partial charge in [0, 0.05) is 75.2 Å². The van der Waals surface area contributed by atoms with E-state index in [0.717, 1.165) is 77.3 Å². The van der Waals surface area contributed by atoms with Crippen molar-refractivity contribution in [3.8, 4) is 17.0 Å². The minimum absolute atomic E-state index is 0.156. The van der Waals surface area contributed by atoms with Gasteiger partial charge in [-0.05, 0) is 75.9 Å². The van der Waals surface area contributed by atoms with Crippen LogP contribution in [-0.4, -0.2) is 121 Å². The summed E-state index contributed by atoms with van der Waals surface area (Å²) in [7, 11) is 0. The normalized spacial score (nSPS) is 19.1. The number of likely N-dealkylation sites (tertiary alicyclic amines) is 1. The van der Waals surface area contributed by atoms with E-state index in [9.17, 15) is 19.5 Å². The number of aromatic hydroxyl groups is 1. The summed E-state index contributed by atoms with van der Waals surface area (Å²) in [5.74, 6) is -0.156. The second kappa shape index (κ2) is 16.4. The maximum absolute atomic E-state index is 14.6. The van der Waals surface area contributed by atoms with Crippen molar-refractivity contribution in [3.63, 3.8) is 0 Å². The van der Waals surface area contributed by atoms with E-state index in [1.807, 2.05) is 38.1 Å². The Balaban J connectivity index is 1.43. The minimum atomic E-state index is -0.391. The standard InChI is InChI=1S/C40H52N6O6/c1-3-9-28(4-2)29-26-30-34-33-31(38(48)45(39(49)35(29)33)15-7-13-43-18-22-51-23-19-43)27-32(41-10-17-42-11-5-6-12-42)36(34)40(50)46(37(30)47)16-8-14-44-20-24-52-25-21-44/h3-4,9,26-27,47H,5-8,10-25H2,1-2H3/b9-3-,28-4+,41-32?. The summed E-state index contributed by atoms with van der Waals surface area (Å²) in [6.45, 7) is 15.3. The lowest BCUT2D eigenvalue weighted by atomic mass is 9.86. The highest BCUT2D eigenvalue weighted by molar-refractivity contribution is 6.18. The SMILES string of the molecule is C/C=C\C(=C/C)c1cc2c(O)n(CCCN3CCOCC3)c(=O)c3c(=NCCN4CCCC4)cc4c(=O)n(CCCN5CCOCC5)c(=O)c1c-4c23. The van der Waals surface area contributed by atoms with Crippen LogP contribution in [0.4, 0.5) is 0 Å². The number of nitrogens with zero attached hydrogens (tertiary/aromatic N) is 6. The molecule has 12 nitrogen and oxygen atoms in total. The summed E-state index contributed by atoms with van der Waals surface area (Å²) in [6.07, 6.45) is 9.40. The van der Waals surface area contributed by atoms with Crippen LogP contribution in [-0.2, 0) is 22.6 Å². The molecule has 7 rings (SSSR count). The Morgan fingerprint density at radius 3 is 1.94 bits per heavy atom. The zero-order valence-corrected chi connectivity index (χ0v) is 30.7. The molecule has 5 heterocycles. The average Bonchev–Trinajstić information content (AvgIpc) is 3.69. The number of aromatic nitrogens is 2. The molecule has 0 spiro atoms. The molecule has 0 radical (unpaired) electrons. The molecule has 0 unspecified atom stereocenters. The third kappa shape index (κ3) is 7.19. The molecule has 3 fully saturated rings. The Hall–Kier alpha value is -3.94. The Morgan fingerprint density at radius 2 is 1.33 bits per heavy atom. The van der Waals surface area contributed by atoms with Crippen LogP contribution in [0.25, 0.3) is 38.2 Å². The van der Waals surface area contributed by atoms with Crippen LogP contribution in [0.2, 0.25) is 0 Å². The van der Waals surface area contributed by atoms with Gasteiger partial charge in [0.25, 0.3) is 16.7 Å². The summed E-state index contributed by atoms with van der Waals surface area (Å²) < 4.78 is 13.8. The van der Waals surface area contributed by atoms with E-state index in [2.05, 4.69) is 14.7 Å². The lowest BCUT2D eigenvalue weighted by molar-refractivity contribution is 0.0368. The third-order valence-electron chi connectivity index (χ3n) is 11.1. The number of hydrogen-bond donors (Lipinski definition) is 1. The molecule has 0 saturated carbocycles. The first-order chi connectivity index (χ1) is 25.4. The van der Waals surface area contributed by atoms with E-state index >= 15 is 0 Å². The molecule has 1 aromatic carbocycles. The second-order valence-corrected chi connectivity index (χ2v) is 14.2. The molecule has 52 heavy (non-hydrogen) atoms. The van der Waals surface area contributed by atoms with Crippen molar-refractivity contribution in [2.75, 3.05) is 91.9 Å². The lowest BCUT2D eigenvalue weighted by Crippen LogP contribution is -2.40. The van der Waals surface area contributed by atoms with Gasteiger partial charge in [-0.3, -0.25) is 38.3 Å². The first-order valence-electron chi connectivity index (χ1n) is 19.1. The molecular formula is C40H52N6O6. The van der Waals surface area contributed by atoms with Crippen LogP contribution in [0.3, 0.4) is 0 Å². The van der Waals surface area contributed by atoms with Crippen molar-refractivity contribution in [2.24, 2.45) is 4.99 Å². The molecule has 12 heteroatoms. The highest BCUT2D eigenvalue weighted by Gasteiger charge is 2.29. The van der Waals surface area contributed by atoms with Gasteiger partial charge >= 0.3 is 0 Å². The summed E-state index contributed by atoms with van der Waals surface area (Å²) in [4.78, 5) is 55.6. The fraction of sp³-hybridized carbons (Fsp3) is 0.550. The Morgan fingerprint density at radius 1 is 0.731 bits per heavy atom. The van der Waals surface area contributed by atoms with Gasteiger partial charge in [-0.25, -0.2) is 0 Å². The van der Waals surface area contributed by atoms with Crippen LogP contribution < -0.4 is 22.0 Å². The van der Waals surface area contributed by atoms with E-state index in [4.69, 9.17) is 14.5 Å². The molecule has 5 aliphatic rings. The van der Waals surface area contributed by atoms with Gasteiger partial charge in [0.15, 0.2) is 0 Å². The predicted molar refractivity (Wildman–Crippen MR) is 205 cm³/mol. The molecule has 0 bridgehead atoms. The van der Waals surface area contributed by atoms with Gasteiger partial charge in [-0.2, -0.15) is 0 Å². The van der Waals surface area contributed by atoms with Crippen molar-refractivity contribution in [1.82, 2.24) is 23.8 Å². The fourth-order valence-corrected chi connectivity index (χ4v) is 8.31. The van der Waals surface area contributed by atoms with E-state index in [1.54, 1.807) is 6.07 Å². The van der Waals surface area contributed by atoms with Crippen LogP contribution in [0.5, 0.6) is 5.88 Å². The highest BCUT2D eigenvalue weighted by Crippen LogP contribution is 2.41. The number of hydrogen-bond acceptors (Lipinski definition) is 10. The van der Waals surface area contributed by atoms with Gasteiger partial charge in [-0.1, -0.05) is 18.2 Å². The molecule has 1 aromatic heterocycles. The zero-order valence-electron chi connectivity index (χ0n) is 30.7. The van der Waals surface area contributed by atoms with Gasteiger partial charge in [0.05, 0.1) is 54.7 Å². The molecule has 3 saturated heterocycles. The fourth-order valence-electron chi connectivity index (χ4n) is 8.31. The van der Waals surface area contributed by atoms with Gasteiger partial charge < -0.3 is 19.5 Å². The summed E-state index contributed by atoms with van der Waals surface area (Å²) in [6, 6.07) is 3.57.